The van der Waals surface area contributed by atoms with Crippen molar-refractivity contribution in [1.82, 2.24) is 10.2 Å². The lowest BCUT2D eigenvalue weighted by Crippen LogP contribution is -2.62. The van der Waals surface area contributed by atoms with Gasteiger partial charge in [-0.15, -0.1) is 0 Å². The molecule has 1 fully saturated rings. The number of piperidine rings is 1. The molecule has 2 heterocycles. The molecule has 0 bridgehead atoms. The zero-order valence-electron chi connectivity index (χ0n) is 12.2. The summed E-state index contributed by atoms with van der Waals surface area (Å²) in [7, 11) is 0. The summed E-state index contributed by atoms with van der Waals surface area (Å²) < 4.78 is 0. The van der Waals surface area contributed by atoms with Crippen molar-refractivity contribution in [3.63, 3.8) is 0 Å². The van der Waals surface area contributed by atoms with E-state index in [4.69, 9.17) is 23.2 Å². The van der Waals surface area contributed by atoms with Crippen LogP contribution in [0.2, 0.25) is 10.0 Å². The molecule has 0 atom stereocenters. The quantitative estimate of drug-likeness (QED) is 0.825. The zero-order chi connectivity index (χ0) is 15.9. The maximum atomic E-state index is 12.4. The van der Waals surface area contributed by atoms with Gasteiger partial charge in [-0.3, -0.25) is 9.59 Å². The molecule has 118 valence electrons. The number of benzene rings is 1. The van der Waals surface area contributed by atoms with Gasteiger partial charge in [0.25, 0.3) is 5.91 Å². The molecule has 2 aliphatic heterocycles. The van der Waals surface area contributed by atoms with E-state index in [1.807, 2.05) is 11.8 Å². The van der Waals surface area contributed by atoms with E-state index < -0.39 is 5.66 Å². The van der Waals surface area contributed by atoms with Gasteiger partial charge in [0.2, 0.25) is 5.91 Å². The number of likely N-dealkylation sites (tertiary alicyclic amines) is 1. The summed E-state index contributed by atoms with van der Waals surface area (Å²) >= 11 is 12.1. The molecule has 2 N–H and O–H groups in total. The van der Waals surface area contributed by atoms with Gasteiger partial charge in [0, 0.05) is 32.4 Å². The van der Waals surface area contributed by atoms with Crippen molar-refractivity contribution < 1.29 is 9.59 Å². The van der Waals surface area contributed by atoms with E-state index in [1.165, 1.54) is 0 Å². The minimum atomic E-state index is -0.522. The summed E-state index contributed by atoms with van der Waals surface area (Å²) in [4.78, 5) is 26.0. The fourth-order valence-corrected chi connectivity index (χ4v) is 3.47. The molecule has 0 aliphatic carbocycles. The van der Waals surface area contributed by atoms with Crippen LogP contribution in [-0.2, 0) is 4.79 Å². The predicted molar refractivity (Wildman–Crippen MR) is 86.4 cm³/mol. The van der Waals surface area contributed by atoms with E-state index in [0.29, 0.717) is 48.6 Å². The number of anilines is 1. The number of nitrogens with zero attached hydrogens (tertiary/aromatic N) is 1. The first-order valence-corrected chi connectivity index (χ1v) is 8.08. The lowest BCUT2D eigenvalue weighted by Gasteiger charge is -2.46. The SMILES string of the molecule is CCC(=O)N1CCC2(CC1)NC(=O)c1c(ccc(Cl)c1Cl)N2. The van der Waals surface area contributed by atoms with Crippen molar-refractivity contribution in [2.75, 3.05) is 18.4 Å². The third-order valence-electron chi connectivity index (χ3n) is 4.32. The van der Waals surface area contributed by atoms with E-state index >= 15 is 0 Å². The Kier molecular flexibility index (Phi) is 3.95. The number of halogens is 2. The van der Waals surface area contributed by atoms with Gasteiger partial charge < -0.3 is 15.5 Å². The van der Waals surface area contributed by atoms with Gasteiger partial charge >= 0.3 is 0 Å². The van der Waals surface area contributed by atoms with Gasteiger partial charge in [0.05, 0.1) is 21.3 Å². The maximum Gasteiger partial charge on any atom is 0.256 e. The summed E-state index contributed by atoms with van der Waals surface area (Å²) in [5, 5.41) is 7.00. The Bertz CT molecular complexity index is 640. The minimum Gasteiger partial charge on any atom is -0.362 e. The molecule has 2 aliphatic rings. The molecular formula is C15H17Cl2N3O2. The van der Waals surface area contributed by atoms with Crippen molar-refractivity contribution >= 4 is 40.7 Å². The van der Waals surface area contributed by atoms with Crippen LogP contribution in [0.25, 0.3) is 0 Å². The van der Waals surface area contributed by atoms with Crippen LogP contribution in [0.15, 0.2) is 12.1 Å². The number of hydrogen-bond donors (Lipinski definition) is 2. The van der Waals surface area contributed by atoms with Crippen molar-refractivity contribution in [3.05, 3.63) is 27.7 Å². The molecule has 0 aromatic heterocycles. The summed E-state index contributed by atoms with van der Waals surface area (Å²) in [6, 6.07) is 3.45. The molecule has 1 aromatic carbocycles. The van der Waals surface area contributed by atoms with Crippen LogP contribution in [0.1, 0.15) is 36.5 Å². The smallest absolute Gasteiger partial charge is 0.256 e. The standard InChI is InChI=1S/C15H17Cl2N3O2/c1-2-11(21)20-7-5-15(6-8-20)18-10-4-3-9(16)13(17)12(10)14(22)19-15/h3-4,18H,2,5-8H2,1H3,(H,19,22). The number of fused-ring (bicyclic) bond motifs is 1. The average Bonchev–Trinajstić information content (AvgIpc) is 2.50. The van der Waals surface area contributed by atoms with Crippen LogP contribution in [-0.4, -0.2) is 35.5 Å². The highest BCUT2D eigenvalue weighted by Gasteiger charge is 2.41. The number of carbonyl (C=O) groups is 2. The highest BCUT2D eigenvalue weighted by atomic mass is 35.5. The second kappa shape index (κ2) is 5.63. The summed E-state index contributed by atoms with van der Waals surface area (Å²) in [5.41, 5.74) is 0.548. The highest BCUT2D eigenvalue weighted by Crippen LogP contribution is 2.37. The number of carbonyl (C=O) groups excluding carboxylic acids is 2. The highest BCUT2D eigenvalue weighted by molar-refractivity contribution is 6.44. The Morgan fingerprint density at radius 1 is 1.27 bits per heavy atom. The third kappa shape index (κ3) is 2.52. The monoisotopic (exact) mass is 341 g/mol. The first-order valence-electron chi connectivity index (χ1n) is 7.32. The van der Waals surface area contributed by atoms with Crippen molar-refractivity contribution in [3.8, 4) is 0 Å². The van der Waals surface area contributed by atoms with Crippen molar-refractivity contribution in [2.24, 2.45) is 0 Å². The normalized spacial score (nSPS) is 19.4. The summed E-state index contributed by atoms with van der Waals surface area (Å²) in [6.45, 7) is 3.10. The molecule has 0 radical (unpaired) electrons. The first kappa shape index (κ1) is 15.4. The molecule has 2 amide bonds. The molecule has 1 saturated heterocycles. The van der Waals surface area contributed by atoms with Gasteiger partial charge in [-0.05, 0) is 12.1 Å². The van der Waals surface area contributed by atoms with Gasteiger partial charge in [-0.1, -0.05) is 30.1 Å². The zero-order valence-corrected chi connectivity index (χ0v) is 13.7. The van der Waals surface area contributed by atoms with E-state index in [-0.39, 0.29) is 16.8 Å². The lowest BCUT2D eigenvalue weighted by atomic mass is 9.92. The first-order chi connectivity index (χ1) is 10.5. The van der Waals surface area contributed by atoms with E-state index in [1.54, 1.807) is 12.1 Å². The number of nitrogens with one attached hydrogen (secondary N) is 2. The Balaban J connectivity index is 1.83. The van der Waals surface area contributed by atoms with Crippen LogP contribution in [0.3, 0.4) is 0 Å². The molecule has 0 unspecified atom stereocenters. The summed E-state index contributed by atoms with van der Waals surface area (Å²) in [6.07, 6.45) is 1.82. The van der Waals surface area contributed by atoms with Gasteiger partial charge in [-0.25, -0.2) is 0 Å². The Morgan fingerprint density at radius 2 is 1.95 bits per heavy atom. The Hall–Kier alpha value is -1.46. The molecule has 3 rings (SSSR count). The van der Waals surface area contributed by atoms with Gasteiger partial charge in [0.15, 0.2) is 0 Å². The molecule has 22 heavy (non-hydrogen) atoms. The van der Waals surface area contributed by atoms with Crippen molar-refractivity contribution in [1.29, 1.82) is 0 Å². The maximum absolute atomic E-state index is 12.4. The molecule has 1 spiro atoms. The minimum absolute atomic E-state index is 0.146. The van der Waals surface area contributed by atoms with Crippen LogP contribution in [0.5, 0.6) is 0 Å². The van der Waals surface area contributed by atoms with Gasteiger partial charge in [0.1, 0.15) is 5.66 Å². The topological polar surface area (TPSA) is 61.4 Å². The van der Waals surface area contributed by atoms with Crippen LogP contribution >= 0.6 is 23.2 Å². The molecule has 1 aromatic rings. The van der Waals surface area contributed by atoms with E-state index in [0.717, 1.165) is 0 Å². The molecule has 0 saturated carbocycles. The van der Waals surface area contributed by atoms with Crippen molar-refractivity contribution in [2.45, 2.75) is 31.8 Å². The lowest BCUT2D eigenvalue weighted by molar-refractivity contribution is -0.132. The largest absolute Gasteiger partial charge is 0.362 e. The van der Waals surface area contributed by atoms with Crippen LogP contribution in [0, 0.1) is 0 Å². The number of amides is 2. The predicted octanol–water partition coefficient (Wildman–Crippen LogP) is 2.88. The Labute approximate surface area is 138 Å². The fraction of sp³-hybridized carbons (Fsp3) is 0.467. The third-order valence-corrected chi connectivity index (χ3v) is 5.13. The molecule has 5 nitrogen and oxygen atoms in total. The molecule has 7 heteroatoms. The average molecular weight is 342 g/mol. The van der Waals surface area contributed by atoms with Crippen LogP contribution < -0.4 is 10.6 Å². The molecular weight excluding hydrogens is 325 g/mol. The van der Waals surface area contributed by atoms with E-state index in [2.05, 4.69) is 10.6 Å². The second-order valence-electron chi connectivity index (χ2n) is 5.68. The second-order valence-corrected chi connectivity index (χ2v) is 6.46. The number of hydrogen-bond acceptors (Lipinski definition) is 3. The van der Waals surface area contributed by atoms with Crippen LogP contribution in [0.4, 0.5) is 5.69 Å². The Morgan fingerprint density at radius 3 is 2.59 bits per heavy atom. The number of rotatable bonds is 1. The van der Waals surface area contributed by atoms with E-state index in [9.17, 15) is 9.59 Å². The van der Waals surface area contributed by atoms with Gasteiger partial charge in [-0.2, -0.15) is 0 Å². The summed E-state index contributed by atoms with van der Waals surface area (Å²) in [5.74, 6) is -0.0799. The fourth-order valence-electron chi connectivity index (χ4n) is 3.06.